The monoisotopic (exact) mass is 175 g/mol. The molecule has 3 nitrogen and oxygen atoms in total. The molecule has 1 heterocycles. The second-order valence-corrected chi connectivity index (χ2v) is 2.72. The quantitative estimate of drug-likeness (QED) is 0.648. The van der Waals surface area contributed by atoms with Crippen LogP contribution < -0.4 is 0 Å². The van der Waals surface area contributed by atoms with Crippen LogP contribution in [0.5, 0.6) is 0 Å². The molecule has 3 heteroatoms. The highest BCUT2D eigenvalue weighted by Crippen LogP contribution is 2.08. The van der Waals surface area contributed by atoms with Crippen LogP contribution in [0.4, 0.5) is 0 Å². The minimum atomic E-state index is -0.0330. The standard InChI is InChI=1S/C10H9NO2/c12-10(11-6-7-13-8-11)9-4-2-1-3-5-9/h1-7H,8H2. The van der Waals surface area contributed by atoms with E-state index in [1.165, 1.54) is 11.2 Å². The molecule has 0 saturated heterocycles. The molecule has 1 amide bonds. The summed E-state index contributed by atoms with van der Waals surface area (Å²) in [5.41, 5.74) is 0.678. The smallest absolute Gasteiger partial charge is 0.260 e. The van der Waals surface area contributed by atoms with Crippen LogP contribution >= 0.6 is 0 Å². The van der Waals surface area contributed by atoms with Gasteiger partial charge in [-0.05, 0) is 12.1 Å². The molecule has 0 unspecified atom stereocenters. The molecule has 0 radical (unpaired) electrons. The zero-order valence-corrected chi connectivity index (χ0v) is 7.01. The summed E-state index contributed by atoms with van der Waals surface area (Å²) in [5.74, 6) is -0.0330. The molecule has 0 fully saturated rings. The molecule has 66 valence electrons. The van der Waals surface area contributed by atoms with E-state index >= 15 is 0 Å². The lowest BCUT2D eigenvalue weighted by atomic mass is 10.2. The first-order valence-corrected chi connectivity index (χ1v) is 4.02. The van der Waals surface area contributed by atoms with Crippen molar-refractivity contribution in [3.8, 4) is 0 Å². The Bertz CT molecular complexity index is 332. The van der Waals surface area contributed by atoms with Crippen molar-refractivity contribution in [1.29, 1.82) is 0 Å². The van der Waals surface area contributed by atoms with Crippen molar-refractivity contribution < 1.29 is 9.53 Å². The van der Waals surface area contributed by atoms with Crippen molar-refractivity contribution in [3.05, 3.63) is 48.4 Å². The maximum absolute atomic E-state index is 11.6. The summed E-state index contributed by atoms with van der Waals surface area (Å²) in [7, 11) is 0. The number of ether oxygens (including phenoxy) is 1. The molecule has 0 spiro atoms. The molecule has 0 N–H and O–H groups in total. The number of benzene rings is 1. The van der Waals surface area contributed by atoms with E-state index < -0.39 is 0 Å². The lowest BCUT2D eigenvalue weighted by molar-refractivity contribution is 0.0730. The van der Waals surface area contributed by atoms with Crippen LogP contribution in [0.2, 0.25) is 0 Å². The van der Waals surface area contributed by atoms with E-state index in [1.807, 2.05) is 18.2 Å². The van der Waals surface area contributed by atoms with Crippen molar-refractivity contribution in [2.45, 2.75) is 0 Å². The Morgan fingerprint density at radius 1 is 1.31 bits per heavy atom. The molecule has 0 bridgehead atoms. The van der Waals surface area contributed by atoms with Gasteiger partial charge in [-0.25, -0.2) is 0 Å². The van der Waals surface area contributed by atoms with E-state index in [4.69, 9.17) is 4.74 Å². The molecule has 1 aromatic carbocycles. The third kappa shape index (κ3) is 1.54. The minimum Gasteiger partial charge on any atom is -0.479 e. The SMILES string of the molecule is O=C(c1ccccc1)N1C=COC1. The molecule has 0 aromatic heterocycles. The van der Waals surface area contributed by atoms with Crippen LogP contribution in [0.15, 0.2) is 42.8 Å². The minimum absolute atomic E-state index is 0.0330. The van der Waals surface area contributed by atoms with Crippen LogP contribution in [0.3, 0.4) is 0 Å². The van der Waals surface area contributed by atoms with Gasteiger partial charge in [-0.2, -0.15) is 0 Å². The van der Waals surface area contributed by atoms with Gasteiger partial charge in [-0.15, -0.1) is 0 Å². The summed E-state index contributed by atoms with van der Waals surface area (Å²) in [6.45, 7) is 0.313. The third-order valence-corrected chi connectivity index (χ3v) is 1.83. The van der Waals surface area contributed by atoms with Gasteiger partial charge >= 0.3 is 0 Å². The normalized spacial score (nSPS) is 14.3. The van der Waals surface area contributed by atoms with E-state index in [-0.39, 0.29) is 5.91 Å². The molecule has 2 rings (SSSR count). The van der Waals surface area contributed by atoms with Crippen LogP contribution in [-0.4, -0.2) is 17.5 Å². The fourth-order valence-electron chi connectivity index (χ4n) is 1.16. The number of carbonyl (C=O) groups excluding carboxylic acids is 1. The molecule has 0 saturated carbocycles. The van der Waals surface area contributed by atoms with Gasteiger partial charge in [0.05, 0.1) is 0 Å². The van der Waals surface area contributed by atoms with Gasteiger partial charge in [0.15, 0.2) is 6.73 Å². The molecule has 1 aliphatic heterocycles. The lowest BCUT2D eigenvalue weighted by Crippen LogP contribution is -2.23. The van der Waals surface area contributed by atoms with E-state index in [0.29, 0.717) is 12.3 Å². The van der Waals surface area contributed by atoms with Crippen molar-refractivity contribution in [2.75, 3.05) is 6.73 Å². The molecular formula is C10H9NO2. The molecular weight excluding hydrogens is 166 g/mol. The van der Waals surface area contributed by atoms with Crippen molar-refractivity contribution in [3.63, 3.8) is 0 Å². The second kappa shape index (κ2) is 3.31. The topological polar surface area (TPSA) is 29.5 Å². The highest BCUT2D eigenvalue weighted by Gasteiger charge is 2.15. The fraction of sp³-hybridized carbons (Fsp3) is 0.100. The van der Waals surface area contributed by atoms with Gasteiger partial charge in [0, 0.05) is 11.8 Å². The van der Waals surface area contributed by atoms with Gasteiger partial charge in [-0.3, -0.25) is 9.69 Å². The highest BCUT2D eigenvalue weighted by molar-refractivity contribution is 5.94. The Hall–Kier alpha value is -1.77. The first-order valence-electron chi connectivity index (χ1n) is 4.02. The van der Waals surface area contributed by atoms with E-state index in [0.717, 1.165) is 0 Å². The first-order chi connectivity index (χ1) is 6.38. The van der Waals surface area contributed by atoms with Crippen molar-refractivity contribution in [2.24, 2.45) is 0 Å². The second-order valence-electron chi connectivity index (χ2n) is 2.72. The molecule has 1 aliphatic rings. The van der Waals surface area contributed by atoms with Crippen molar-refractivity contribution in [1.82, 2.24) is 4.90 Å². The molecule has 0 aliphatic carbocycles. The predicted molar refractivity (Wildman–Crippen MR) is 47.7 cm³/mol. The molecule has 13 heavy (non-hydrogen) atoms. The Kier molecular flexibility index (Phi) is 2.00. The average Bonchev–Trinajstić information content (AvgIpc) is 2.71. The number of nitrogens with zero attached hydrogens (tertiary/aromatic N) is 1. The zero-order chi connectivity index (χ0) is 9.10. The summed E-state index contributed by atoms with van der Waals surface area (Å²) in [6, 6.07) is 9.14. The van der Waals surface area contributed by atoms with E-state index in [1.54, 1.807) is 18.3 Å². The number of hydrogen-bond donors (Lipinski definition) is 0. The average molecular weight is 175 g/mol. The maximum Gasteiger partial charge on any atom is 0.260 e. The summed E-state index contributed by atoms with van der Waals surface area (Å²) in [6.07, 6.45) is 3.15. The Labute approximate surface area is 76.2 Å². The van der Waals surface area contributed by atoms with Crippen LogP contribution in [0.25, 0.3) is 0 Å². The van der Waals surface area contributed by atoms with E-state index in [2.05, 4.69) is 0 Å². The fourth-order valence-corrected chi connectivity index (χ4v) is 1.16. The van der Waals surface area contributed by atoms with Crippen LogP contribution in [-0.2, 0) is 4.74 Å². The Morgan fingerprint density at radius 3 is 2.69 bits per heavy atom. The number of hydrogen-bond acceptors (Lipinski definition) is 2. The molecule has 1 aromatic rings. The van der Waals surface area contributed by atoms with Gasteiger partial charge in [0.25, 0.3) is 5.91 Å². The highest BCUT2D eigenvalue weighted by atomic mass is 16.5. The van der Waals surface area contributed by atoms with Gasteiger partial charge in [-0.1, -0.05) is 18.2 Å². The molecule has 0 atom stereocenters. The van der Waals surface area contributed by atoms with E-state index in [9.17, 15) is 4.79 Å². The summed E-state index contributed by atoms with van der Waals surface area (Å²) in [4.78, 5) is 13.2. The van der Waals surface area contributed by atoms with Crippen LogP contribution in [0, 0.1) is 0 Å². The van der Waals surface area contributed by atoms with Gasteiger partial charge < -0.3 is 4.74 Å². The predicted octanol–water partition coefficient (Wildman–Crippen LogP) is 1.59. The number of amides is 1. The van der Waals surface area contributed by atoms with Crippen molar-refractivity contribution >= 4 is 5.91 Å². The first kappa shape index (κ1) is 7.86. The van der Waals surface area contributed by atoms with Gasteiger partial charge in [0.1, 0.15) is 6.26 Å². The summed E-state index contributed by atoms with van der Waals surface area (Å²) >= 11 is 0. The van der Waals surface area contributed by atoms with Gasteiger partial charge in [0.2, 0.25) is 0 Å². The zero-order valence-electron chi connectivity index (χ0n) is 7.01. The van der Waals surface area contributed by atoms with Crippen LogP contribution in [0.1, 0.15) is 10.4 Å². The number of carbonyl (C=O) groups is 1. The number of rotatable bonds is 1. The Morgan fingerprint density at radius 2 is 2.08 bits per heavy atom. The largest absolute Gasteiger partial charge is 0.479 e. The maximum atomic E-state index is 11.6. The summed E-state index contributed by atoms with van der Waals surface area (Å²) < 4.78 is 4.92. The lowest BCUT2D eigenvalue weighted by Gasteiger charge is -2.10. The summed E-state index contributed by atoms with van der Waals surface area (Å²) in [5, 5.41) is 0. The Balaban J connectivity index is 2.18. The third-order valence-electron chi connectivity index (χ3n) is 1.83.